The van der Waals surface area contributed by atoms with Crippen molar-refractivity contribution >= 4 is 35.1 Å². The highest BCUT2D eigenvalue weighted by atomic mass is 35.5. The van der Waals surface area contributed by atoms with E-state index >= 15 is 0 Å². The lowest BCUT2D eigenvalue weighted by Crippen LogP contribution is -2.50. The van der Waals surface area contributed by atoms with Gasteiger partial charge in [0.2, 0.25) is 5.95 Å². The number of urea groups is 1. The number of aryl methyl sites for hydroxylation is 1. The largest absolute Gasteiger partial charge is 0.356 e. The van der Waals surface area contributed by atoms with Crippen LogP contribution in [0.1, 0.15) is 25.0 Å². The lowest BCUT2D eigenvalue weighted by Gasteiger charge is -2.35. The molecule has 8 heteroatoms. The van der Waals surface area contributed by atoms with Gasteiger partial charge in [0.1, 0.15) is 5.82 Å². The molecule has 2 aliphatic rings. The summed E-state index contributed by atoms with van der Waals surface area (Å²) in [6.45, 7) is 6.79. The summed E-state index contributed by atoms with van der Waals surface area (Å²) in [6, 6.07) is 9.22. The molecule has 1 aromatic heterocycles. The van der Waals surface area contributed by atoms with E-state index in [0.29, 0.717) is 36.9 Å². The first-order valence-electron chi connectivity index (χ1n) is 10.3. The minimum atomic E-state index is -0.128. The zero-order chi connectivity index (χ0) is 20.2. The van der Waals surface area contributed by atoms with Crippen LogP contribution in [0.3, 0.4) is 0 Å². The van der Waals surface area contributed by atoms with Gasteiger partial charge in [0.15, 0.2) is 0 Å². The van der Waals surface area contributed by atoms with E-state index in [4.69, 9.17) is 16.6 Å². The molecule has 0 bridgehead atoms. The normalized spacial score (nSPS) is 17.4. The first-order valence-corrected chi connectivity index (χ1v) is 10.6. The Morgan fingerprint density at radius 3 is 2.41 bits per heavy atom. The SMILES string of the molecule is Cc1cc(N2CCCCC2)nc(N2CCN(C(=O)Nc3ccccc3Cl)CC2)n1. The molecule has 154 valence electrons. The number of halogens is 1. The molecule has 0 unspecified atom stereocenters. The third-order valence-electron chi connectivity index (χ3n) is 5.47. The second-order valence-corrected chi connectivity index (χ2v) is 8.01. The Balaban J connectivity index is 1.38. The number of hydrogen-bond acceptors (Lipinski definition) is 5. The molecule has 7 nitrogen and oxygen atoms in total. The fourth-order valence-corrected chi connectivity index (χ4v) is 4.01. The fourth-order valence-electron chi connectivity index (χ4n) is 3.83. The van der Waals surface area contributed by atoms with Gasteiger partial charge in [-0.05, 0) is 38.3 Å². The average molecular weight is 415 g/mol. The van der Waals surface area contributed by atoms with E-state index in [2.05, 4.69) is 26.2 Å². The van der Waals surface area contributed by atoms with Crippen molar-refractivity contribution < 1.29 is 4.79 Å². The number of amides is 2. The number of piperidine rings is 1. The predicted octanol–water partition coefficient (Wildman–Crippen LogP) is 3.78. The van der Waals surface area contributed by atoms with E-state index in [9.17, 15) is 4.79 Å². The minimum absolute atomic E-state index is 0.128. The van der Waals surface area contributed by atoms with Gasteiger partial charge in [-0.15, -0.1) is 0 Å². The molecule has 2 amide bonds. The minimum Gasteiger partial charge on any atom is -0.356 e. The van der Waals surface area contributed by atoms with E-state index in [0.717, 1.165) is 30.5 Å². The number of carbonyl (C=O) groups is 1. The summed E-state index contributed by atoms with van der Waals surface area (Å²) in [5, 5.41) is 3.43. The van der Waals surface area contributed by atoms with Gasteiger partial charge < -0.3 is 20.0 Å². The Kier molecular flexibility index (Phi) is 6.04. The van der Waals surface area contributed by atoms with Crippen molar-refractivity contribution in [1.82, 2.24) is 14.9 Å². The van der Waals surface area contributed by atoms with Gasteiger partial charge >= 0.3 is 6.03 Å². The molecule has 29 heavy (non-hydrogen) atoms. The third-order valence-corrected chi connectivity index (χ3v) is 5.80. The molecular weight excluding hydrogens is 388 g/mol. The van der Waals surface area contributed by atoms with Crippen LogP contribution in [-0.2, 0) is 0 Å². The Morgan fingerprint density at radius 2 is 1.69 bits per heavy atom. The monoisotopic (exact) mass is 414 g/mol. The third kappa shape index (κ3) is 4.72. The van der Waals surface area contributed by atoms with Crippen molar-refractivity contribution in [2.24, 2.45) is 0 Å². The first kappa shape index (κ1) is 19.8. The molecule has 4 rings (SSSR count). The number of carbonyl (C=O) groups excluding carboxylic acids is 1. The number of rotatable bonds is 3. The van der Waals surface area contributed by atoms with E-state index in [1.807, 2.05) is 19.1 Å². The van der Waals surface area contributed by atoms with Crippen molar-refractivity contribution in [3.63, 3.8) is 0 Å². The highest BCUT2D eigenvalue weighted by Crippen LogP contribution is 2.23. The molecule has 1 N–H and O–H groups in total. The first-order chi connectivity index (χ1) is 14.1. The van der Waals surface area contributed by atoms with Crippen LogP contribution in [0.4, 0.5) is 22.2 Å². The molecule has 2 fully saturated rings. The fraction of sp³-hybridized carbons (Fsp3) is 0.476. The summed E-state index contributed by atoms with van der Waals surface area (Å²) >= 11 is 6.14. The molecule has 0 atom stereocenters. The predicted molar refractivity (Wildman–Crippen MR) is 117 cm³/mol. The van der Waals surface area contributed by atoms with Crippen LogP contribution in [0.25, 0.3) is 0 Å². The second kappa shape index (κ2) is 8.86. The number of nitrogens with zero attached hydrogens (tertiary/aromatic N) is 5. The molecule has 2 aliphatic heterocycles. The van der Waals surface area contributed by atoms with E-state index < -0.39 is 0 Å². The molecule has 0 saturated carbocycles. The standard InChI is InChI=1S/C21H27ClN6O/c1-16-15-19(26-9-5-2-6-10-26)25-20(23-16)27-11-13-28(14-12-27)21(29)24-18-8-4-3-7-17(18)22/h3-4,7-8,15H,2,5-6,9-14H2,1H3,(H,24,29). The van der Waals surface area contributed by atoms with Crippen LogP contribution in [0.5, 0.6) is 0 Å². The molecule has 0 aliphatic carbocycles. The van der Waals surface area contributed by atoms with Gasteiger partial charge in [-0.3, -0.25) is 0 Å². The topological polar surface area (TPSA) is 64.6 Å². The van der Waals surface area contributed by atoms with Gasteiger partial charge in [0, 0.05) is 51.0 Å². The number of anilines is 3. The van der Waals surface area contributed by atoms with Crippen LogP contribution in [-0.4, -0.2) is 60.2 Å². The number of hydrogen-bond donors (Lipinski definition) is 1. The Labute approximate surface area is 176 Å². The maximum Gasteiger partial charge on any atom is 0.322 e. The Hall–Kier alpha value is -2.54. The van der Waals surface area contributed by atoms with Gasteiger partial charge in [-0.2, -0.15) is 4.98 Å². The molecular formula is C21H27ClN6O. The highest BCUT2D eigenvalue weighted by Gasteiger charge is 2.24. The van der Waals surface area contributed by atoms with Crippen LogP contribution in [0, 0.1) is 6.92 Å². The quantitative estimate of drug-likeness (QED) is 0.827. The summed E-state index contributed by atoms with van der Waals surface area (Å²) in [7, 11) is 0. The van der Waals surface area contributed by atoms with Gasteiger partial charge in [0.25, 0.3) is 0 Å². The van der Waals surface area contributed by atoms with Crippen molar-refractivity contribution in [3.8, 4) is 0 Å². The number of para-hydroxylation sites is 1. The van der Waals surface area contributed by atoms with Crippen LogP contribution in [0.15, 0.2) is 30.3 Å². The second-order valence-electron chi connectivity index (χ2n) is 7.60. The summed E-state index contributed by atoms with van der Waals surface area (Å²) in [6.07, 6.45) is 3.74. The molecule has 2 saturated heterocycles. The van der Waals surface area contributed by atoms with E-state index in [1.54, 1.807) is 17.0 Å². The van der Waals surface area contributed by atoms with E-state index in [-0.39, 0.29) is 6.03 Å². The highest BCUT2D eigenvalue weighted by molar-refractivity contribution is 6.33. The number of piperazine rings is 1. The average Bonchev–Trinajstić information content (AvgIpc) is 2.75. The molecule has 1 aromatic carbocycles. The number of nitrogens with one attached hydrogen (secondary N) is 1. The molecule has 0 spiro atoms. The van der Waals surface area contributed by atoms with Crippen LogP contribution >= 0.6 is 11.6 Å². The number of benzene rings is 1. The lowest BCUT2D eigenvalue weighted by atomic mass is 10.1. The zero-order valence-electron chi connectivity index (χ0n) is 16.8. The molecule has 3 heterocycles. The molecule has 0 radical (unpaired) electrons. The van der Waals surface area contributed by atoms with Gasteiger partial charge in [0.05, 0.1) is 10.7 Å². The van der Waals surface area contributed by atoms with Crippen molar-refractivity contribution in [2.45, 2.75) is 26.2 Å². The van der Waals surface area contributed by atoms with E-state index in [1.165, 1.54) is 19.3 Å². The lowest BCUT2D eigenvalue weighted by molar-refractivity contribution is 0.208. The van der Waals surface area contributed by atoms with Crippen molar-refractivity contribution in [3.05, 3.63) is 41.0 Å². The maximum atomic E-state index is 12.6. The van der Waals surface area contributed by atoms with Crippen LogP contribution < -0.4 is 15.1 Å². The van der Waals surface area contributed by atoms with Crippen LogP contribution in [0.2, 0.25) is 5.02 Å². The Morgan fingerprint density at radius 1 is 0.966 bits per heavy atom. The zero-order valence-corrected chi connectivity index (χ0v) is 17.5. The summed E-state index contributed by atoms with van der Waals surface area (Å²) in [5.41, 5.74) is 1.62. The van der Waals surface area contributed by atoms with Gasteiger partial charge in [-0.25, -0.2) is 9.78 Å². The maximum absolute atomic E-state index is 12.6. The number of aromatic nitrogens is 2. The van der Waals surface area contributed by atoms with Crippen molar-refractivity contribution in [2.75, 3.05) is 54.4 Å². The molecule has 2 aromatic rings. The van der Waals surface area contributed by atoms with Gasteiger partial charge in [-0.1, -0.05) is 23.7 Å². The summed E-state index contributed by atoms with van der Waals surface area (Å²) < 4.78 is 0. The smallest absolute Gasteiger partial charge is 0.322 e. The summed E-state index contributed by atoms with van der Waals surface area (Å²) in [4.78, 5) is 28.4. The summed E-state index contributed by atoms with van der Waals surface area (Å²) in [5.74, 6) is 1.78. The Bertz CT molecular complexity index is 862. The van der Waals surface area contributed by atoms with Crippen molar-refractivity contribution in [1.29, 1.82) is 0 Å².